The molecule has 0 saturated heterocycles. The third kappa shape index (κ3) is 6.35. The molecule has 0 aromatic heterocycles. The lowest BCUT2D eigenvalue weighted by molar-refractivity contribution is -0.132. The molecule has 0 atom stereocenters. The fourth-order valence-corrected chi connectivity index (χ4v) is 3.83. The zero-order valence-corrected chi connectivity index (χ0v) is 19.2. The number of carbonyl (C=O) groups excluding carboxylic acids is 2. The van der Waals surface area contributed by atoms with Crippen molar-refractivity contribution in [3.8, 4) is 5.75 Å². The van der Waals surface area contributed by atoms with Crippen molar-refractivity contribution >= 4 is 11.8 Å². The number of nitrogens with one attached hydrogen (secondary N) is 1. The molecular formula is C27H34N2O3. The molecule has 4 rings (SSSR count). The Morgan fingerprint density at radius 1 is 1.00 bits per heavy atom. The van der Waals surface area contributed by atoms with Crippen molar-refractivity contribution in [1.82, 2.24) is 10.2 Å². The van der Waals surface area contributed by atoms with Crippen LogP contribution in [0.5, 0.6) is 5.75 Å². The Morgan fingerprint density at radius 2 is 1.75 bits per heavy atom. The van der Waals surface area contributed by atoms with E-state index in [0.717, 1.165) is 55.4 Å². The highest BCUT2D eigenvalue weighted by Gasteiger charge is 2.32. The van der Waals surface area contributed by atoms with Crippen molar-refractivity contribution in [3.05, 3.63) is 64.7 Å². The summed E-state index contributed by atoms with van der Waals surface area (Å²) in [5.41, 5.74) is 4.10. The van der Waals surface area contributed by atoms with E-state index in [1.165, 1.54) is 5.56 Å². The van der Waals surface area contributed by atoms with Gasteiger partial charge in [-0.3, -0.25) is 9.59 Å². The van der Waals surface area contributed by atoms with Gasteiger partial charge in [0.15, 0.2) is 0 Å². The van der Waals surface area contributed by atoms with Gasteiger partial charge in [-0.05, 0) is 87.3 Å². The summed E-state index contributed by atoms with van der Waals surface area (Å²) in [5, 5.41) is 3.01. The summed E-state index contributed by atoms with van der Waals surface area (Å²) in [6.45, 7) is 5.37. The molecular weight excluding hydrogens is 400 g/mol. The molecule has 5 nitrogen and oxygen atoms in total. The lowest BCUT2D eigenvalue weighted by Crippen LogP contribution is -2.32. The highest BCUT2D eigenvalue weighted by molar-refractivity contribution is 5.94. The van der Waals surface area contributed by atoms with Gasteiger partial charge in [0, 0.05) is 30.6 Å². The Kier molecular flexibility index (Phi) is 7.13. The number of nitrogens with zero attached hydrogens (tertiary/aromatic N) is 1. The van der Waals surface area contributed by atoms with E-state index in [9.17, 15) is 9.59 Å². The Bertz CT molecular complexity index is 946. The summed E-state index contributed by atoms with van der Waals surface area (Å²) in [6.07, 6.45) is 6.58. The van der Waals surface area contributed by atoms with Gasteiger partial charge in [0.1, 0.15) is 5.75 Å². The van der Waals surface area contributed by atoms with E-state index in [2.05, 4.69) is 37.4 Å². The van der Waals surface area contributed by atoms with Crippen LogP contribution in [0.3, 0.4) is 0 Å². The Balaban J connectivity index is 1.22. The van der Waals surface area contributed by atoms with E-state index in [1.807, 2.05) is 29.2 Å². The smallest absolute Gasteiger partial charge is 0.251 e. The van der Waals surface area contributed by atoms with Crippen LogP contribution in [-0.4, -0.2) is 35.4 Å². The second kappa shape index (κ2) is 10.2. The first-order valence-corrected chi connectivity index (χ1v) is 11.9. The predicted octanol–water partition coefficient (Wildman–Crippen LogP) is 4.94. The zero-order valence-electron chi connectivity index (χ0n) is 19.2. The molecule has 170 valence electrons. The highest BCUT2D eigenvalue weighted by atomic mass is 16.5. The van der Waals surface area contributed by atoms with Crippen molar-refractivity contribution < 1.29 is 14.3 Å². The Morgan fingerprint density at radius 3 is 2.44 bits per heavy atom. The van der Waals surface area contributed by atoms with E-state index in [-0.39, 0.29) is 11.8 Å². The molecule has 0 bridgehead atoms. The predicted molar refractivity (Wildman–Crippen MR) is 126 cm³/mol. The van der Waals surface area contributed by atoms with Crippen LogP contribution in [0, 0.1) is 13.8 Å². The van der Waals surface area contributed by atoms with Crippen LogP contribution in [0.4, 0.5) is 0 Å². The number of amides is 2. The minimum absolute atomic E-state index is 0.00255. The third-order valence-corrected chi connectivity index (χ3v) is 6.18. The number of benzene rings is 2. The molecule has 0 unspecified atom stereocenters. The maximum absolute atomic E-state index is 12.9. The van der Waals surface area contributed by atoms with Crippen LogP contribution in [0.1, 0.15) is 72.0 Å². The second-order valence-corrected chi connectivity index (χ2v) is 9.27. The number of unbranched alkanes of at least 4 members (excludes halogenated alkanes) is 1. The van der Waals surface area contributed by atoms with Crippen molar-refractivity contribution in [2.45, 2.75) is 77.4 Å². The van der Waals surface area contributed by atoms with Crippen molar-refractivity contribution in [1.29, 1.82) is 0 Å². The molecule has 2 aliphatic carbocycles. The highest BCUT2D eigenvalue weighted by Crippen LogP contribution is 2.29. The van der Waals surface area contributed by atoms with Gasteiger partial charge in [-0.25, -0.2) is 0 Å². The van der Waals surface area contributed by atoms with Crippen molar-refractivity contribution in [3.63, 3.8) is 0 Å². The van der Waals surface area contributed by atoms with Gasteiger partial charge < -0.3 is 15.0 Å². The van der Waals surface area contributed by atoms with E-state index in [4.69, 9.17) is 4.74 Å². The van der Waals surface area contributed by atoms with Gasteiger partial charge in [0.25, 0.3) is 5.91 Å². The Hall–Kier alpha value is -2.82. The monoisotopic (exact) mass is 434 g/mol. The molecule has 32 heavy (non-hydrogen) atoms. The lowest BCUT2D eigenvalue weighted by atomic mass is 10.1. The van der Waals surface area contributed by atoms with Gasteiger partial charge in [-0.15, -0.1) is 0 Å². The molecule has 5 heteroatoms. The van der Waals surface area contributed by atoms with Crippen molar-refractivity contribution in [2.75, 3.05) is 6.61 Å². The summed E-state index contributed by atoms with van der Waals surface area (Å²) >= 11 is 0. The average molecular weight is 435 g/mol. The fraction of sp³-hybridized carbons (Fsp3) is 0.481. The van der Waals surface area contributed by atoms with Gasteiger partial charge >= 0.3 is 0 Å². The van der Waals surface area contributed by atoms with Crippen LogP contribution >= 0.6 is 0 Å². The summed E-state index contributed by atoms with van der Waals surface area (Å²) in [5.74, 6) is 1.15. The van der Waals surface area contributed by atoms with E-state index >= 15 is 0 Å². The first-order chi connectivity index (χ1) is 15.5. The Labute approximate surface area is 191 Å². The van der Waals surface area contributed by atoms with Gasteiger partial charge in [0.2, 0.25) is 5.91 Å². The van der Waals surface area contributed by atoms with Gasteiger partial charge in [-0.1, -0.05) is 24.3 Å². The van der Waals surface area contributed by atoms with Crippen LogP contribution < -0.4 is 10.1 Å². The minimum Gasteiger partial charge on any atom is -0.493 e. The number of carbonyl (C=O) groups is 2. The molecule has 0 heterocycles. The lowest BCUT2D eigenvalue weighted by Gasteiger charge is -2.23. The largest absolute Gasteiger partial charge is 0.493 e. The number of ether oxygens (including phenoxy) is 1. The van der Waals surface area contributed by atoms with Gasteiger partial charge in [-0.2, -0.15) is 0 Å². The van der Waals surface area contributed by atoms with E-state index in [0.29, 0.717) is 37.2 Å². The maximum Gasteiger partial charge on any atom is 0.251 e. The molecule has 0 radical (unpaired) electrons. The second-order valence-electron chi connectivity index (χ2n) is 9.27. The summed E-state index contributed by atoms with van der Waals surface area (Å²) < 4.78 is 5.92. The summed E-state index contributed by atoms with van der Waals surface area (Å²) in [4.78, 5) is 27.1. The first-order valence-electron chi connectivity index (χ1n) is 11.9. The van der Waals surface area contributed by atoms with E-state index < -0.39 is 0 Å². The molecule has 2 aromatic rings. The standard InChI is InChI=1S/C27H34N2O3/c1-19-6-7-20(2)25(17-19)32-16-4-3-5-26(30)29(24-14-15-24)18-21-8-10-22(11-9-21)27(31)28-23-12-13-23/h6-11,17,23-24H,3-5,12-16,18H2,1-2H3,(H,28,31). The molecule has 2 fully saturated rings. The number of hydrogen-bond acceptors (Lipinski definition) is 3. The SMILES string of the molecule is Cc1ccc(C)c(OCCCCC(=O)N(Cc2ccc(C(=O)NC3CC3)cc2)C2CC2)c1. The van der Waals surface area contributed by atoms with E-state index in [1.54, 1.807) is 0 Å². The fourth-order valence-electron chi connectivity index (χ4n) is 3.83. The first kappa shape index (κ1) is 22.4. The zero-order chi connectivity index (χ0) is 22.5. The molecule has 2 aliphatic rings. The average Bonchev–Trinajstić information content (AvgIpc) is 3.69. The summed E-state index contributed by atoms with van der Waals surface area (Å²) in [6, 6.07) is 14.6. The number of rotatable bonds is 11. The molecule has 2 aromatic carbocycles. The maximum atomic E-state index is 12.9. The van der Waals surface area contributed by atoms with Gasteiger partial charge in [0.05, 0.1) is 6.61 Å². The topological polar surface area (TPSA) is 58.6 Å². The van der Waals surface area contributed by atoms with Crippen LogP contribution in [0.15, 0.2) is 42.5 Å². The normalized spacial score (nSPS) is 15.3. The molecule has 2 saturated carbocycles. The van der Waals surface area contributed by atoms with Crippen LogP contribution in [-0.2, 0) is 11.3 Å². The summed E-state index contributed by atoms with van der Waals surface area (Å²) in [7, 11) is 0. The molecule has 0 spiro atoms. The number of aryl methyl sites for hydroxylation is 2. The van der Waals surface area contributed by atoms with Crippen molar-refractivity contribution in [2.24, 2.45) is 0 Å². The quantitative estimate of drug-likeness (QED) is 0.510. The molecule has 2 amide bonds. The number of hydrogen-bond donors (Lipinski definition) is 1. The molecule has 0 aliphatic heterocycles. The van der Waals surface area contributed by atoms with Crippen LogP contribution in [0.2, 0.25) is 0 Å². The third-order valence-electron chi connectivity index (χ3n) is 6.18. The minimum atomic E-state index is -0.00255. The molecule has 1 N–H and O–H groups in total. The van der Waals surface area contributed by atoms with Crippen LogP contribution in [0.25, 0.3) is 0 Å².